The summed E-state index contributed by atoms with van der Waals surface area (Å²) in [6.07, 6.45) is 5.97. The molecular formula is C15H24FN3. The van der Waals surface area contributed by atoms with Crippen molar-refractivity contribution in [2.75, 3.05) is 18.0 Å². The summed E-state index contributed by atoms with van der Waals surface area (Å²) in [6, 6.07) is 2.18. The summed E-state index contributed by atoms with van der Waals surface area (Å²) < 4.78 is 13.4. The third kappa shape index (κ3) is 3.44. The number of rotatable bonds is 6. The van der Waals surface area contributed by atoms with Crippen LogP contribution in [0.4, 0.5) is 10.2 Å². The van der Waals surface area contributed by atoms with Crippen LogP contribution < -0.4 is 10.2 Å². The first-order chi connectivity index (χ1) is 9.26. The number of anilines is 1. The van der Waals surface area contributed by atoms with E-state index < -0.39 is 0 Å². The van der Waals surface area contributed by atoms with Gasteiger partial charge in [-0.3, -0.25) is 0 Å². The number of hydrogen-bond donors (Lipinski definition) is 1. The number of halogens is 1. The molecule has 1 aliphatic rings. The Kier molecular flexibility index (Phi) is 5.14. The smallest absolute Gasteiger partial charge is 0.141 e. The summed E-state index contributed by atoms with van der Waals surface area (Å²) in [5, 5.41) is 3.34. The SMILES string of the molecule is CCCNCc1cc(F)cnc1N1CCCC1CC. The molecule has 106 valence electrons. The molecule has 19 heavy (non-hydrogen) atoms. The highest BCUT2D eigenvalue weighted by Crippen LogP contribution is 2.28. The summed E-state index contributed by atoms with van der Waals surface area (Å²) in [6.45, 7) is 7.03. The normalized spacial score (nSPS) is 19.1. The lowest BCUT2D eigenvalue weighted by atomic mass is 10.1. The molecule has 1 saturated heterocycles. The Morgan fingerprint density at radius 2 is 2.32 bits per heavy atom. The molecule has 1 aromatic heterocycles. The van der Waals surface area contributed by atoms with Gasteiger partial charge in [-0.2, -0.15) is 0 Å². The van der Waals surface area contributed by atoms with Gasteiger partial charge >= 0.3 is 0 Å². The zero-order valence-corrected chi connectivity index (χ0v) is 12.0. The summed E-state index contributed by atoms with van der Waals surface area (Å²) in [5.41, 5.74) is 0.980. The van der Waals surface area contributed by atoms with E-state index >= 15 is 0 Å². The van der Waals surface area contributed by atoms with Crippen LogP contribution in [0, 0.1) is 5.82 Å². The average molecular weight is 265 g/mol. The largest absolute Gasteiger partial charge is 0.353 e. The number of hydrogen-bond acceptors (Lipinski definition) is 3. The Morgan fingerprint density at radius 3 is 3.05 bits per heavy atom. The van der Waals surface area contributed by atoms with Crippen LogP contribution in [0.15, 0.2) is 12.3 Å². The van der Waals surface area contributed by atoms with Crippen molar-refractivity contribution in [1.29, 1.82) is 0 Å². The molecule has 0 amide bonds. The molecule has 0 bridgehead atoms. The maximum atomic E-state index is 13.4. The third-order valence-electron chi connectivity index (χ3n) is 3.77. The standard InChI is InChI=1S/C15H24FN3/c1-3-7-17-10-12-9-13(16)11-18-15(12)19-8-5-6-14(19)4-2/h9,11,14,17H,3-8,10H2,1-2H3. The molecule has 0 aliphatic carbocycles. The number of nitrogens with one attached hydrogen (secondary N) is 1. The van der Waals surface area contributed by atoms with Crippen molar-refractivity contribution < 1.29 is 4.39 Å². The molecule has 0 saturated carbocycles. The second kappa shape index (κ2) is 6.85. The second-order valence-electron chi connectivity index (χ2n) is 5.21. The van der Waals surface area contributed by atoms with Crippen LogP contribution in [0.1, 0.15) is 45.1 Å². The van der Waals surface area contributed by atoms with Crippen LogP contribution in [0.5, 0.6) is 0 Å². The molecule has 1 aliphatic heterocycles. The van der Waals surface area contributed by atoms with E-state index in [9.17, 15) is 4.39 Å². The Morgan fingerprint density at radius 1 is 1.47 bits per heavy atom. The van der Waals surface area contributed by atoms with Gasteiger partial charge in [-0.05, 0) is 38.3 Å². The van der Waals surface area contributed by atoms with Crippen molar-refractivity contribution in [3.63, 3.8) is 0 Å². The first-order valence-electron chi connectivity index (χ1n) is 7.38. The van der Waals surface area contributed by atoms with E-state index in [0.717, 1.165) is 37.3 Å². The van der Waals surface area contributed by atoms with Crippen LogP contribution in [0.25, 0.3) is 0 Å². The Labute approximate surface area is 115 Å². The molecule has 0 aromatic carbocycles. The van der Waals surface area contributed by atoms with E-state index in [1.165, 1.54) is 19.0 Å². The van der Waals surface area contributed by atoms with Gasteiger partial charge in [-0.15, -0.1) is 0 Å². The summed E-state index contributed by atoms with van der Waals surface area (Å²) >= 11 is 0. The summed E-state index contributed by atoms with van der Waals surface area (Å²) in [4.78, 5) is 6.70. The van der Waals surface area contributed by atoms with Crippen molar-refractivity contribution in [3.05, 3.63) is 23.6 Å². The zero-order valence-electron chi connectivity index (χ0n) is 12.0. The lowest BCUT2D eigenvalue weighted by molar-refractivity contribution is 0.601. The van der Waals surface area contributed by atoms with E-state index in [1.54, 1.807) is 6.07 Å². The third-order valence-corrected chi connectivity index (χ3v) is 3.77. The minimum atomic E-state index is -0.246. The predicted octanol–water partition coefficient (Wildman–Crippen LogP) is 3.10. The van der Waals surface area contributed by atoms with Gasteiger partial charge in [0.2, 0.25) is 0 Å². The fourth-order valence-corrected chi connectivity index (χ4v) is 2.80. The highest BCUT2D eigenvalue weighted by atomic mass is 19.1. The molecule has 0 radical (unpaired) electrons. The fraction of sp³-hybridized carbons (Fsp3) is 0.667. The first kappa shape index (κ1) is 14.3. The molecule has 1 fully saturated rings. The number of aromatic nitrogens is 1. The lowest BCUT2D eigenvalue weighted by Crippen LogP contribution is -2.31. The highest BCUT2D eigenvalue weighted by molar-refractivity contribution is 5.48. The van der Waals surface area contributed by atoms with E-state index in [1.807, 2.05) is 0 Å². The molecule has 1 aromatic rings. The van der Waals surface area contributed by atoms with Crippen LogP contribution in [0.3, 0.4) is 0 Å². The molecule has 2 rings (SSSR count). The number of nitrogens with zero attached hydrogens (tertiary/aromatic N) is 2. The van der Waals surface area contributed by atoms with Crippen LogP contribution >= 0.6 is 0 Å². The van der Waals surface area contributed by atoms with Crippen molar-refractivity contribution >= 4 is 5.82 Å². The van der Waals surface area contributed by atoms with Crippen LogP contribution in [-0.4, -0.2) is 24.1 Å². The molecule has 1 unspecified atom stereocenters. The molecule has 0 spiro atoms. The monoisotopic (exact) mass is 265 g/mol. The quantitative estimate of drug-likeness (QED) is 0.801. The zero-order chi connectivity index (χ0) is 13.7. The van der Waals surface area contributed by atoms with Gasteiger partial charge in [0.1, 0.15) is 11.6 Å². The van der Waals surface area contributed by atoms with E-state index in [4.69, 9.17) is 0 Å². The van der Waals surface area contributed by atoms with E-state index in [2.05, 4.69) is 29.0 Å². The van der Waals surface area contributed by atoms with Crippen molar-refractivity contribution in [3.8, 4) is 0 Å². The van der Waals surface area contributed by atoms with Gasteiger partial charge in [0, 0.05) is 24.7 Å². The summed E-state index contributed by atoms with van der Waals surface area (Å²) in [5.74, 6) is 0.721. The van der Waals surface area contributed by atoms with E-state index in [-0.39, 0.29) is 5.82 Å². The second-order valence-corrected chi connectivity index (χ2v) is 5.21. The van der Waals surface area contributed by atoms with Gasteiger partial charge in [0.15, 0.2) is 0 Å². The van der Waals surface area contributed by atoms with Gasteiger partial charge < -0.3 is 10.2 Å². The van der Waals surface area contributed by atoms with Gasteiger partial charge in [-0.1, -0.05) is 13.8 Å². The highest BCUT2D eigenvalue weighted by Gasteiger charge is 2.25. The molecule has 1 N–H and O–H groups in total. The van der Waals surface area contributed by atoms with Crippen molar-refractivity contribution in [2.45, 2.75) is 52.1 Å². The maximum Gasteiger partial charge on any atom is 0.141 e. The fourth-order valence-electron chi connectivity index (χ4n) is 2.80. The van der Waals surface area contributed by atoms with Gasteiger partial charge in [0.05, 0.1) is 6.20 Å². The summed E-state index contributed by atoms with van der Waals surface area (Å²) in [7, 11) is 0. The van der Waals surface area contributed by atoms with Gasteiger partial charge in [0.25, 0.3) is 0 Å². The Hall–Kier alpha value is -1.16. The molecule has 3 nitrogen and oxygen atoms in total. The maximum absolute atomic E-state index is 13.4. The molecule has 2 heterocycles. The molecular weight excluding hydrogens is 241 g/mol. The first-order valence-corrected chi connectivity index (χ1v) is 7.38. The Balaban J connectivity index is 2.18. The minimum Gasteiger partial charge on any atom is -0.353 e. The van der Waals surface area contributed by atoms with Crippen molar-refractivity contribution in [2.24, 2.45) is 0 Å². The van der Waals surface area contributed by atoms with Gasteiger partial charge in [-0.25, -0.2) is 9.37 Å². The van der Waals surface area contributed by atoms with Crippen LogP contribution in [-0.2, 0) is 6.54 Å². The molecule has 1 atom stereocenters. The Bertz CT molecular complexity index is 408. The van der Waals surface area contributed by atoms with Crippen LogP contribution in [0.2, 0.25) is 0 Å². The average Bonchev–Trinajstić information content (AvgIpc) is 2.87. The molecule has 4 heteroatoms. The lowest BCUT2D eigenvalue weighted by Gasteiger charge is -2.27. The predicted molar refractivity (Wildman–Crippen MR) is 76.9 cm³/mol. The topological polar surface area (TPSA) is 28.2 Å². The minimum absolute atomic E-state index is 0.246. The van der Waals surface area contributed by atoms with Crippen molar-refractivity contribution in [1.82, 2.24) is 10.3 Å². The number of pyridine rings is 1. The van der Waals surface area contributed by atoms with E-state index in [0.29, 0.717) is 12.6 Å².